The molecule has 4 N–H and O–H groups in total. The number of thiazole rings is 1. The Hall–Kier alpha value is -0.720. The highest BCUT2D eigenvalue weighted by Crippen LogP contribution is 2.14. The Bertz CT molecular complexity index is 270. The number of rotatable bonds is 2. The third-order valence-corrected chi connectivity index (χ3v) is 2.29. The molecule has 0 saturated carbocycles. The lowest BCUT2D eigenvalue weighted by atomic mass is 10.4. The third-order valence-electron chi connectivity index (χ3n) is 1.27. The van der Waals surface area contributed by atoms with Crippen molar-refractivity contribution in [1.82, 2.24) is 10.4 Å². The summed E-state index contributed by atoms with van der Waals surface area (Å²) in [5.74, 6) is 5.08. The van der Waals surface area contributed by atoms with E-state index in [4.69, 9.17) is 18.1 Å². The van der Waals surface area contributed by atoms with Gasteiger partial charge in [-0.1, -0.05) is 6.92 Å². The first kappa shape index (κ1) is 9.37. The Kier molecular flexibility index (Phi) is 3.39. The van der Waals surface area contributed by atoms with E-state index < -0.39 is 0 Å². The second-order valence-corrected chi connectivity index (χ2v) is 3.36. The summed E-state index contributed by atoms with van der Waals surface area (Å²) >= 11 is 6.31. The summed E-state index contributed by atoms with van der Waals surface area (Å²) < 4.78 is 0. The number of aromatic nitrogens is 1. The molecule has 0 radical (unpaired) electrons. The first-order valence-electron chi connectivity index (χ1n) is 3.48. The van der Waals surface area contributed by atoms with Gasteiger partial charge in [-0.15, -0.1) is 11.3 Å². The minimum absolute atomic E-state index is 0.381. The van der Waals surface area contributed by atoms with Gasteiger partial charge < -0.3 is 10.7 Å². The van der Waals surface area contributed by atoms with Gasteiger partial charge in [0.05, 0.1) is 5.69 Å². The van der Waals surface area contributed by atoms with Crippen LogP contribution in [0.5, 0.6) is 0 Å². The van der Waals surface area contributed by atoms with Crippen LogP contribution < -0.4 is 16.6 Å². The number of nitrogens with zero attached hydrogens (tertiary/aromatic N) is 1. The van der Waals surface area contributed by atoms with E-state index in [9.17, 15) is 0 Å². The average Bonchev–Trinajstić information content (AvgIpc) is 2.52. The van der Waals surface area contributed by atoms with Crippen LogP contribution in [0.15, 0.2) is 5.38 Å². The molecule has 0 spiro atoms. The van der Waals surface area contributed by atoms with Gasteiger partial charge in [0.25, 0.3) is 0 Å². The molecular weight excluding hydrogens is 192 g/mol. The second-order valence-electron chi connectivity index (χ2n) is 2.10. The van der Waals surface area contributed by atoms with E-state index in [1.54, 1.807) is 0 Å². The van der Waals surface area contributed by atoms with Crippen LogP contribution >= 0.6 is 23.6 Å². The van der Waals surface area contributed by atoms with E-state index >= 15 is 0 Å². The van der Waals surface area contributed by atoms with E-state index in [1.165, 1.54) is 11.3 Å². The second kappa shape index (κ2) is 4.34. The van der Waals surface area contributed by atoms with Crippen molar-refractivity contribution in [2.45, 2.75) is 13.3 Å². The summed E-state index contributed by atoms with van der Waals surface area (Å²) in [4.78, 5) is 4.24. The van der Waals surface area contributed by atoms with Crippen LogP contribution in [0.1, 0.15) is 12.6 Å². The van der Waals surface area contributed by atoms with Crippen molar-refractivity contribution in [2.75, 3.05) is 5.32 Å². The molecule has 66 valence electrons. The molecule has 6 heteroatoms. The van der Waals surface area contributed by atoms with Crippen molar-refractivity contribution in [2.24, 2.45) is 5.84 Å². The van der Waals surface area contributed by atoms with Gasteiger partial charge >= 0.3 is 0 Å². The van der Waals surface area contributed by atoms with Gasteiger partial charge in [-0.05, 0) is 18.6 Å². The van der Waals surface area contributed by atoms with Gasteiger partial charge in [-0.25, -0.2) is 10.8 Å². The van der Waals surface area contributed by atoms with Crippen molar-refractivity contribution in [1.29, 1.82) is 0 Å². The van der Waals surface area contributed by atoms with Crippen molar-refractivity contribution in [3.05, 3.63) is 11.1 Å². The molecule has 0 aliphatic rings. The smallest absolute Gasteiger partial charge is 0.189 e. The van der Waals surface area contributed by atoms with Gasteiger partial charge in [0.15, 0.2) is 10.2 Å². The normalized spacial score (nSPS) is 9.50. The van der Waals surface area contributed by atoms with E-state index in [0.717, 1.165) is 17.2 Å². The van der Waals surface area contributed by atoms with Crippen molar-refractivity contribution >= 4 is 33.8 Å². The van der Waals surface area contributed by atoms with Crippen molar-refractivity contribution in [3.8, 4) is 0 Å². The van der Waals surface area contributed by atoms with Crippen molar-refractivity contribution in [3.63, 3.8) is 0 Å². The molecule has 0 bridgehead atoms. The Balaban J connectivity index is 2.58. The zero-order valence-electron chi connectivity index (χ0n) is 6.63. The molecule has 1 heterocycles. The van der Waals surface area contributed by atoms with Crippen LogP contribution in [-0.2, 0) is 6.42 Å². The molecule has 1 rings (SSSR count). The quantitative estimate of drug-likeness (QED) is 0.377. The lowest BCUT2D eigenvalue weighted by molar-refractivity contribution is 1.04. The fraction of sp³-hybridized carbons (Fsp3) is 0.333. The van der Waals surface area contributed by atoms with Gasteiger partial charge in [-0.2, -0.15) is 0 Å². The van der Waals surface area contributed by atoms with Crippen LogP contribution in [0.4, 0.5) is 5.13 Å². The third kappa shape index (κ3) is 2.40. The number of hydrogen-bond donors (Lipinski definition) is 3. The van der Waals surface area contributed by atoms with Gasteiger partial charge in [-0.3, -0.25) is 0 Å². The number of nitrogens with two attached hydrogens (primary N) is 1. The molecule has 0 aromatic carbocycles. The Morgan fingerprint density at radius 1 is 1.83 bits per heavy atom. The summed E-state index contributed by atoms with van der Waals surface area (Å²) in [5.41, 5.74) is 3.39. The minimum Gasteiger partial charge on any atom is -0.308 e. The van der Waals surface area contributed by atoms with Crippen LogP contribution in [0, 0.1) is 0 Å². The number of hydrazine groups is 1. The summed E-state index contributed by atoms with van der Waals surface area (Å²) in [6.07, 6.45) is 0.932. The molecule has 0 unspecified atom stereocenters. The maximum atomic E-state index is 5.08. The van der Waals surface area contributed by atoms with Crippen LogP contribution in [0.3, 0.4) is 0 Å². The summed E-state index contributed by atoms with van der Waals surface area (Å²) in [7, 11) is 0. The number of nitrogens with one attached hydrogen (secondary N) is 2. The van der Waals surface area contributed by atoms with E-state index in [0.29, 0.717) is 5.11 Å². The summed E-state index contributed by atoms with van der Waals surface area (Å²) in [6.45, 7) is 2.05. The minimum atomic E-state index is 0.381. The number of hydrogen-bond acceptors (Lipinski definition) is 4. The molecule has 0 amide bonds. The van der Waals surface area contributed by atoms with Crippen LogP contribution in [0.25, 0.3) is 0 Å². The maximum Gasteiger partial charge on any atom is 0.189 e. The van der Waals surface area contributed by atoms with Crippen LogP contribution in [-0.4, -0.2) is 10.1 Å². The topological polar surface area (TPSA) is 63.0 Å². The molecule has 1 aromatic heterocycles. The Labute approximate surface area is 80.2 Å². The largest absolute Gasteiger partial charge is 0.308 e. The predicted molar refractivity (Wildman–Crippen MR) is 55.0 cm³/mol. The molecule has 12 heavy (non-hydrogen) atoms. The highest BCUT2D eigenvalue weighted by Gasteiger charge is 2.00. The standard InChI is InChI=1S/C6H10N4S2/c1-2-4-3-12-6(8-4)9-5(11)10-7/h3H,2,7H2,1H3,(H2,8,9,10,11). The van der Waals surface area contributed by atoms with Gasteiger partial charge in [0, 0.05) is 5.38 Å². The van der Waals surface area contributed by atoms with Crippen molar-refractivity contribution < 1.29 is 0 Å². The average molecular weight is 202 g/mol. The zero-order valence-corrected chi connectivity index (χ0v) is 8.26. The highest BCUT2D eigenvalue weighted by molar-refractivity contribution is 7.80. The van der Waals surface area contributed by atoms with Crippen LogP contribution in [0.2, 0.25) is 0 Å². The molecule has 0 fully saturated rings. The summed E-state index contributed by atoms with van der Waals surface area (Å²) in [6, 6.07) is 0. The first-order valence-corrected chi connectivity index (χ1v) is 4.77. The van der Waals surface area contributed by atoms with E-state index in [2.05, 4.69) is 22.7 Å². The number of anilines is 1. The lowest BCUT2D eigenvalue weighted by Crippen LogP contribution is -2.34. The lowest BCUT2D eigenvalue weighted by Gasteiger charge is -2.00. The molecule has 1 aromatic rings. The maximum absolute atomic E-state index is 5.08. The zero-order chi connectivity index (χ0) is 8.97. The molecule has 0 aliphatic carbocycles. The monoisotopic (exact) mass is 202 g/mol. The SMILES string of the molecule is CCc1csc(NC(=S)NN)n1. The molecule has 0 aliphatic heterocycles. The van der Waals surface area contributed by atoms with E-state index in [1.807, 2.05) is 5.38 Å². The molecule has 0 saturated heterocycles. The fourth-order valence-electron chi connectivity index (χ4n) is 0.660. The number of thiocarbonyl (C=S) groups is 1. The summed E-state index contributed by atoms with van der Waals surface area (Å²) in [5, 5.41) is 5.99. The Morgan fingerprint density at radius 2 is 2.58 bits per heavy atom. The van der Waals surface area contributed by atoms with Gasteiger partial charge in [0.1, 0.15) is 0 Å². The van der Waals surface area contributed by atoms with E-state index in [-0.39, 0.29) is 0 Å². The molecule has 4 nitrogen and oxygen atoms in total. The number of aryl methyl sites for hydroxylation is 1. The van der Waals surface area contributed by atoms with Gasteiger partial charge in [0.2, 0.25) is 0 Å². The predicted octanol–water partition coefficient (Wildman–Crippen LogP) is 0.866. The first-order chi connectivity index (χ1) is 5.76. The highest BCUT2D eigenvalue weighted by atomic mass is 32.1. The molecular formula is C6H10N4S2. The molecule has 0 atom stereocenters. The Morgan fingerprint density at radius 3 is 3.08 bits per heavy atom. The fourth-order valence-corrected chi connectivity index (χ4v) is 1.62.